The lowest BCUT2D eigenvalue weighted by Gasteiger charge is -2.34. The highest BCUT2D eigenvalue weighted by Crippen LogP contribution is 2.51. The fraction of sp³-hybridized carbons (Fsp3) is 0.0781. The van der Waals surface area contributed by atoms with Crippen LogP contribution in [0.2, 0.25) is 0 Å². The van der Waals surface area contributed by atoms with E-state index in [1.807, 2.05) is 0 Å². The van der Waals surface area contributed by atoms with Crippen molar-refractivity contribution in [3.8, 4) is 56.0 Å². The molecule has 13 rings (SSSR count). The number of nitrogens with zero attached hydrogens (tertiary/aromatic N) is 4. The third-order valence-electron chi connectivity index (χ3n) is 14.5. The van der Waals surface area contributed by atoms with E-state index in [-0.39, 0.29) is 11.6 Å². The molecule has 1 aliphatic heterocycles. The molecule has 1 atom stereocenters. The van der Waals surface area contributed by atoms with Crippen LogP contribution in [0.4, 0.5) is 0 Å². The van der Waals surface area contributed by atoms with Crippen molar-refractivity contribution >= 4 is 38.1 Å². The Bertz CT molecular complexity index is 3970. The van der Waals surface area contributed by atoms with Gasteiger partial charge in [-0.05, 0) is 102 Å². The van der Waals surface area contributed by atoms with Crippen LogP contribution in [-0.4, -0.2) is 21.9 Å². The van der Waals surface area contributed by atoms with E-state index in [4.69, 9.17) is 15.0 Å². The highest BCUT2D eigenvalue weighted by Gasteiger charge is 2.37. The minimum atomic E-state index is -0.285. The molecule has 0 N–H and O–H groups in total. The predicted octanol–water partition coefficient (Wildman–Crippen LogP) is 14.3. The first-order valence-electron chi connectivity index (χ1n) is 23.5. The molecule has 322 valence electrons. The summed E-state index contributed by atoms with van der Waals surface area (Å²) in [5, 5.41) is 7.95. The van der Waals surface area contributed by atoms with Gasteiger partial charge >= 0.3 is 0 Å². The fourth-order valence-corrected chi connectivity index (χ4v) is 11.2. The second-order valence-electron chi connectivity index (χ2n) is 18.7. The monoisotopic (exact) mass is 870 g/mol. The molecule has 0 amide bonds. The molecule has 1 aliphatic carbocycles. The quantitative estimate of drug-likeness (QED) is 0.167. The smallest absolute Gasteiger partial charge is 0.161 e. The van der Waals surface area contributed by atoms with Gasteiger partial charge < -0.3 is 4.90 Å². The number of hydrogen-bond donors (Lipinski definition) is 0. The van der Waals surface area contributed by atoms with E-state index < -0.39 is 0 Å². The SMILES string of the molecule is CN1C(c2ccc3c(c2)C(C)(C)c2cc(-c4nc(-c5ccc(-c6ccccc6)c6ccccc56)nc5ccccc45)ccc2-3)=c2ccccc2=NC1c1ccc(-c2ccccc2)c2ccccc12. The standard InChI is InChI=1S/C64H46N4/c1-64(2)56-38-42(60-54-26-14-16-28-58(54)65-62(67-60)52-36-34-44(40-18-6-4-7-19-40)46-22-10-12-24-48(46)52)30-32-50(56)51-33-31-43(39-57(51)64)61-55-27-15-17-29-59(55)66-63(68(61)3)53-37-35-45(41-20-8-5-9-21-41)47-23-11-13-25-49(47)53/h4-39,63H,1-3H3. The molecular formula is C64H46N4. The Labute approximate surface area is 395 Å². The Hall–Kier alpha value is -8.47. The van der Waals surface area contributed by atoms with Crippen LogP contribution in [0.3, 0.4) is 0 Å². The summed E-state index contributed by atoms with van der Waals surface area (Å²) in [7, 11) is 2.21. The Morgan fingerprint density at radius 1 is 0.412 bits per heavy atom. The molecule has 0 saturated carbocycles. The maximum atomic E-state index is 5.47. The summed E-state index contributed by atoms with van der Waals surface area (Å²) in [5.74, 6) is 0.723. The lowest BCUT2D eigenvalue weighted by atomic mass is 9.81. The summed E-state index contributed by atoms with van der Waals surface area (Å²) in [6.07, 6.45) is -0.219. The zero-order valence-electron chi connectivity index (χ0n) is 38.2. The molecule has 4 nitrogen and oxygen atoms in total. The molecule has 0 radical (unpaired) electrons. The molecule has 0 spiro atoms. The van der Waals surface area contributed by atoms with Crippen molar-refractivity contribution in [1.29, 1.82) is 0 Å². The van der Waals surface area contributed by atoms with Gasteiger partial charge in [-0.3, -0.25) is 4.99 Å². The van der Waals surface area contributed by atoms with Crippen LogP contribution in [0.1, 0.15) is 42.3 Å². The number of para-hydroxylation sites is 2. The van der Waals surface area contributed by atoms with Gasteiger partial charge in [-0.2, -0.15) is 0 Å². The Balaban J connectivity index is 0.903. The number of aromatic nitrogens is 2. The molecule has 68 heavy (non-hydrogen) atoms. The van der Waals surface area contributed by atoms with Gasteiger partial charge in [0.15, 0.2) is 5.82 Å². The molecule has 2 heterocycles. The molecule has 0 saturated heterocycles. The summed E-state index contributed by atoms with van der Waals surface area (Å²) in [6, 6.07) is 78.8. The van der Waals surface area contributed by atoms with E-state index in [1.165, 1.54) is 77.5 Å². The zero-order valence-corrected chi connectivity index (χ0v) is 38.2. The van der Waals surface area contributed by atoms with Crippen LogP contribution in [0.25, 0.3) is 94.2 Å². The Morgan fingerprint density at radius 2 is 0.912 bits per heavy atom. The van der Waals surface area contributed by atoms with Crippen LogP contribution in [-0.2, 0) is 5.41 Å². The second kappa shape index (κ2) is 15.6. The first-order valence-corrected chi connectivity index (χ1v) is 23.5. The van der Waals surface area contributed by atoms with Crippen LogP contribution < -0.4 is 10.6 Å². The van der Waals surface area contributed by atoms with Crippen molar-refractivity contribution in [2.75, 3.05) is 7.05 Å². The highest BCUT2D eigenvalue weighted by atomic mass is 15.2. The van der Waals surface area contributed by atoms with E-state index >= 15 is 0 Å². The van der Waals surface area contributed by atoms with Crippen molar-refractivity contribution in [1.82, 2.24) is 14.9 Å². The first kappa shape index (κ1) is 39.9. The molecule has 2 aliphatic rings. The van der Waals surface area contributed by atoms with Gasteiger partial charge in [0.05, 0.1) is 22.3 Å². The number of rotatable bonds is 6. The molecule has 1 aromatic heterocycles. The van der Waals surface area contributed by atoms with Gasteiger partial charge in [0.2, 0.25) is 0 Å². The minimum absolute atomic E-state index is 0.219. The molecule has 0 fully saturated rings. The predicted molar refractivity (Wildman–Crippen MR) is 281 cm³/mol. The molecular weight excluding hydrogens is 825 g/mol. The average Bonchev–Trinajstić information content (AvgIpc) is 3.62. The van der Waals surface area contributed by atoms with Crippen LogP contribution in [0.15, 0.2) is 223 Å². The van der Waals surface area contributed by atoms with Crippen molar-refractivity contribution < 1.29 is 0 Å². The number of hydrogen-bond acceptors (Lipinski definition) is 4. The summed E-state index contributed by atoms with van der Waals surface area (Å²) in [5.41, 5.74) is 17.2. The largest absolute Gasteiger partial charge is 0.348 e. The van der Waals surface area contributed by atoms with E-state index in [1.54, 1.807) is 0 Å². The molecule has 0 bridgehead atoms. The second-order valence-corrected chi connectivity index (χ2v) is 18.7. The van der Waals surface area contributed by atoms with E-state index in [0.717, 1.165) is 49.5 Å². The van der Waals surface area contributed by atoms with Crippen LogP contribution >= 0.6 is 0 Å². The fourth-order valence-electron chi connectivity index (χ4n) is 11.2. The molecule has 10 aromatic carbocycles. The van der Waals surface area contributed by atoms with Gasteiger partial charge in [0.25, 0.3) is 0 Å². The maximum absolute atomic E-state index is 5.47. The third-order valence-corrected chi connectivity index (χ3v) is 14.5. The summed E-state index contributed by atoms with van der Waals surface area (Å²) in [6.45, 7) is 4.74. The van der Waals surface area contributed by atoms with Crippen molar-refractivity contribution in [2.24, 2.45) is 4.99 Å². The lowest BCUT2D eigenvalue weighted by molar-refractivity contribution is 0.353. The summed E-state index contributed by atoms with van der Waals surface area (Å²) < 4.78 is 0. The number of benzene rings is 10. The molecule has 4 heteroatoms. The lowest BCUT2D eigenvalue weighted by Crippen LogP contribution is -2.40. The highest BCUT2D eigenvalue weighted by molar-refractivity contribution is 6.05. The van der Waals surface area contributed by atoms with E-state index in [2.05, 4.69) is 244 Å². The van der Waals surface area contributed by atoms with Crippen molar-refractivity contribution in [3.05, 3.63) is 251 Å². The maximum Gasteiger partial charge on any atom is 0.161 e. The first-order chi connectivity index (χ1) is 33.4. The van der Waals surface area contributed by atoms with Crippen molar-refractivity contribution in [3.63, 3.8) is 0 Å². The van der Waals surface area contributed by atoms with Gasteiger partial charge in [-0.15, -0.1) is 0 Å². The van der Waals surface area contributed by atoms with Gasteiger partial charge in [0, 0.05) is 39.8 Å². The van der Waals surface area contributed by atoms with Gasteiger partial charge in [-0.25, -0.2) is 9.97 Å². The third kappa shape index (κ3) is 6.25. The molecule has 1 unspecified atom stereocenters. The van der Waals surface area contributed by atoms with Gasteiger partial charge in [-0.1, -0.05) is 202 Å². The van der Waals surface area contributed by atoms with Crippen molar-refractivity contribution in [2.45, 2.75) is 25.4 Å². The van der Waals surface area contributed by atoms with Crippen LogP contribution in [0.5, 0.6) is 0 Å². The van der Waals surface area contributed by atoms with E-state index in [9.17, 15) is 0 Å². The van der Waals surface area contributed by atoms with E-state index in [0.29, 0.717) is 0 Å². The Morgan fingerprint density at radius 3 is 1.60 bits per heavy atom. The average molecular weight is 871 g/mol. The summed E-state index contributed by atoms with van der Waals surface area (Å²) >= 11 is 0. The minimum Gasteiger partial charge on any atom is -0.348 e. The van der Waals surface area contributed by atoms with Crippen LogP contribution in [0, 0.1) is 0 Å². The topological polar surface area (TPSA) is 41.4 Å². The number of fused-ring (bicyclic) bond motifs is 7. The Kier molecular flexibility index (Phi) is 9.13. The zero-order chi connectivity index (χ0) is 45.5. The normalized spacial score (nSPS) is 14.7. The van der Waals surface area contributed by atoms with Gasteiger partial charge in [0.1, 0.15) is 6.17 Å². The summed E-state index contributed by atoms with van der Waals surface area (Å²) in [4.78, 5) is 18.5. The molecule has 11 aromatic rings.